The van der Waals surface area contributed by atoms with Crippen molar-refractivity contribution in [1.82, 2.24) is 19.4 Å². The lowest BCUT2D eigenvalue weighted by Gasteiger charge is -2.35. The second-order valence-electron chi connectivity index (χ2n) is 8.68. The van der Waals surface area contributed by atoms with Crippen molar-refractivity contribution >= 4 is 22.0 Å². The molecule has 1 N–H and O–H groups in total. The standard InChI is InChI=1S/C19H36N4O5S/c1-5-15-29(26,27)23-9-6-7-16(23)17(24)20-8-10-21-11-13-22(14-12-21)18(25)28-19(2,3)4/h16H,5-15H2,1-4H3,(H,20,24). The third-order valence-corrected chi connectivity index (χ3v) is 7.15. The SMILES string of the molecule is CCCS(=O)(=O)N1CCCC1C(=O)NCCN1CCN(C(=O)OC(C)(C)C)CC1. The van der Waals surface area contributed by atoms with Gasteiger partial charge in [-0.3, -0.25) is 9.69 Å². The molecule has 0 aromatic carbocycles. The maximum atomic E-state index is 12.5. The van der Waals surface area contributed by atoms with Gasteiger partial charge in [0.1, 0.15) is 11.6 Å². The molecule has 2 aliphatic heterocycles. The van der Waals surface area contributed by atoms with E-state index in [4.69, 9.17) is 4.74 Å². The molecule has 2 aliphatic rings. The van der Waals surface area contributed by atoms with Crippen molar-refractivity contribution in [2.24, 2.45) is 0 Å². The minimum absolute atomic E-state index is 0.0820. The average Bonchev–Trinajstić information content (AvgIpc) is 3.11. The summed E-state index contributed by atoms with van der Waals surface area (Å²) >= 11 is 0. The Hall–Kier alpha value is -1.39. The van der Waals surface area contributed by atoms with Crippen LogP contribution in [0.15, 0.2) is 0 Å². The molecule has 10 heteroatoms. The maximum Gasteiger partial charge on any atom is 0.410 e. The molecule has 0 radical (unpaired) electrons. The van der Waals surface area contributed by atoms with Crippen LogP contribution in [0.25, 0.3) is 0 Å². The van der Waals surface area contributed by atoms with Crippen molar-refractivity contribution in [3.05, 3.63) is 0 Å². The van der Waals surface area contributed by atoms with E-state index in [0.29, 0.717) is 52.0 Å². The number of nitrogens with one attached hydrogen (secondary N) is 1. The molecule has 9 nitrogen and oxygen atoms in total. The molecule has 2 heterocycles. The summed E-state index contributed by atoms with van der Waals surface area (Å²) < 4.78 is 31.4. The first-order chi connectivity index (χ1) is 13.5. The molecule has 2 fully saturated rings. The topological polar surface area (TPSA) is 99.3 Å². The zero-order valence-corrected chi connectivity index (χ0v) is 19.0. The normalized spacial score (nSPS) is 21.9. The van der Waals surface area contributed by atoms with E-state index in [1.807, 2.05) is 27.7 Å². The van der Waals surface area contributed by atoms with Crippen molar-refractivity contribution in [2.75, 3.05) is 51.6 Å². The molecule has 0 aliphatic carbocycles. The summed E-state index contributed by atoms with van der Waals surface area (Å²) in [5.41, 5.74) is -0.503. The van der Waals surface area contributed by atoms with E-state index in [0.717, 1.165) is 13.1 Å². The number of hydrogen-bond acceptors (Lipinski definition) is 6. The summed E-state index contributed by atoms with van der Waals surface area (Å²) in [6, 6.07) is -0.587. The highest BCUT2D eigenvalue weighted by Gasteiger charge is 2.37. The van der Waals surface area contributed by atoms with Gasteiger partial charge < -0.3 is 15.0 Å². The Labute approximate surface area is 174 Å². The van der Waals surface area contributed by atoms with Crippen molar-refractivity contribution in [1.29, 1.82) is 0 Å². The molecule has 2 amide bonds. The van der Waals surface area contributed by atoms with E-state index >= 15 is 0 Å². The molecule has 0 aromatic rings. The highest BCUT2D eigenvalue weighted by Crippen LogP contribution is 2.22. The number of nitrogens with zero attached hydrogens (tertiary/aromatic N) is 3. The zero-order chi connectivity index (χ0) is 21.7. The predicted octanol–water partition coefficient (Wildman–Crippen LogP) is 0.860. The molecule has 0 saturated carbocycles. The number of ether oxygens (including phenoxy) is 1. The molecule has 168 valence electrons. The Morgan fingerprint density at radius 3 is 2.34 bits per heavy atom. The van der Waals surface area contributed by atoms with E-state index in [9.17, 15) is 18.0 Å². The van der Waals surface area contributed by atoms with Crippen LogP contribution in [-0.2, 0) is 19.6 Å². The average molecular weight is 433 g/mol. The van der Waals surface area contributed by atoms with E-state index in [1.165, 1.54) is 4.31 Å². The molecular weight excluding hydrogens is 396 g/mol. The molecular formula is C19H36N4O5S. The van der Waals surface area contributed by atoms with Gasteiger partial charge in [-0.25, -0.2) is 13.2 Å². The Morgan fingerprint density at radius 2 is 1.76 bits per heavy atom. The summed E-state index contributed by atoms with van der Waals surface area (Å²) in [6.45, 7) is 11.5. The lowest BCUT2D eigenvalue weighted by molar-refractivity contribution is -0.124. The third-order valence-electron chi connectivity index (χ3n) is 5.08. The number of rotatable bonds is 7. The Balaban J connectivity index is 1.73. The fraction of sp³-hybridized carbons (Fsp3) is 0.895. The van der Waals surface area contributed by atoms with Crippen LogP contribution in [0.2, 0.25) is 0 Å². The Kier molecular flexibility index (Phi) is 8.30. The molecule has 29 heavy (non-hydrogen) atoms. The van der Waals surface area contributed by atoms with Gasteiger partial charge in [-0.1, -0.05) is 6.92 Å². The van der Waals surface area contributed by atoms with Gasteiger partial charge in [-0.2, -0.15) is 4.31 Å². The highest BCUT2D eigenvalue weighted by molar-refractivity contribution is 7.89. The van der Waals surface area contributed by atoms with Crippen molar-refractivity contribution in [3.8, 4) is 0 Å². The summed E-state index contributed by atoms with van der Waals surface area (Å²) in [5.74, 6) is -0.131. The van der Waals surface area contributed by atoms with Gasteiger partial charge >= 0.3 is 6.09 Å². The molecule has 1 unspecified atom stereocenters. The maximum absolute atomic E-state index is 12.5. The molecule has 0 spiro atoms. The number of piperazine rings is 1. The number of carbonyl (C=O) groups is 2. The second-order valence-corrected chi connectivity index (χ2v) is 10.7. The first-order valence-corrected chi connectivity index (χ1v) is 12.1. The van der Waals surface area contributed by atoms with Crippen LogP contribution in [0.5, 0.6) is 0 Å². The fourth-order valence-corrected chi connectivity index (χ4v) is 5.39. The molecule has 0 bridgehead atoms. The second kappa shape index (κ2) is 10.1. The first-order valence-electron chi connectivity index (χ1n) is 10.5. The van der Waals surface area contributed by atoms with Gasteiger partial charge in [0, 0.05) is 45.8 Å². The van der Waals surface area contributed by atoms with Crippen molar-refractivity contribution in [2.45, 2.75) is 58.6 Å². The van der Waals surface area contributed by atoms with Gasteiger partial charge in [0.15, 0.2) is 0 Å². The van der Waals surface area contributed by atoms with E-state index in [1.54, 1.807) is 4.90 Å². The lowest BCUT2D eigenvalue weighted by atomic mass is 10.2. The van der Waals surface area contributed by atoms with Crippen LogP contribution < -0.4 is 5.32 Å². The summed E-state index contributed by atoms with van der Waals surface area (Å²) in [6.07, 6.45) is 1.54. The quantitative estimate of drug-likeness (QED) is 0.641. The predicted molar refractivity (Wildman–Crippen MR) is 111 cm³/mol. The van der Waals surface area contributed by atoms with E-state index in [2.05, 4.69) is 10.2 Å². The Bertz CT molecular complexity index is 669. The third kappa shape index (κ3) is 7.11. The van der Waals surface area contributed by atoms with Crippen LogP contribution in [0.3, 0.4) is 0 Å². The van der Waals surface area contributed by atoms with Gasteiger partial charge in [-0.05, 0) is 40.0 Å². The highest BCUT2D eigenvalue weighted by atomic mass is 32.2. The minimum atomic E-state index is -3.36. The van der Waals surface area contributed by atoms with Gasteiger partial charge in [-0.15, -0.1) is 0 Å². The van der Waals surface area contributed by atoms with Crippen LogP contribution in [0, 0.1) is 0 Å². The van der Waals surface area contributed by atoms with Gasteiger partial charge in [0.05, 0.1) is 5.75 Å². The summed E-state index contributed by atoms with van der Waals surface area (Å²) in [5, 5.41) is 2.89. The number of carbonyl (C=O) groups excluding carboxylic acids is 2. The largest absolute Gasteiger partial charge is 0.444 e. The number of hydrogen-bond donors (Lipinski definition) is 1. The Morgan fingerprint density at radius 1 is 1.10 bits per heavy atom. The zero-order valence-electron chi connectivity index (χ0n) is 18.1. The monoisotopic (exact) mass is 432 g/mol. The smallest absolute Gasteiger partial charge is 0.410 e. The molecule has 2 rings (SSSR count). The molecule has 2 saturated heterocycles. The van der Waals surface area contributed by atoms with Crippen LogP contribution in [0.1, 0.15) is 47.0 Å². The summed E-state index contributed by atoms with van der Waals surface area (Å²) in [7, 11) is -3.36. The van der Waals surface area contributed by atoms with Crippen LogP contribution >= 0.6 is 0 Å². The van der Waals surface area contributed by atoms with Crippen LogP contribution in [-0.4, -0.2) is 97.7 Å². The van der Waals surface area contributed by atoms with Crippen molar-refractivity contribution < 1.29 is 22.7 Å². The lowest BCUT2D eigenvalue weighted by Crippen LogP contribution is -2.52. The van der Waals surface area contributed by atoms with Crippen LogP contribution in [0.4, 0.5) is 4.79 Å². The number of sulfonamides is 1. The first kappa shape index (κ1) is 23.9. The van der Waals surface area contributed by atoms with Gasteiger partial charge in [0.2, 0.25) is 15.9 Å². The van der Waals surface area contributed by atoms with E-state index in [-0.39, 0.29) is 17.8 Å². The summed E-state index contributed by atoms with van der Waals surface area (Å²) in [4.78, 5) is 28.5. The number of amides is 2. The van der Waals surface area contributed by atoms with Gasteiger partial charge in [0.25, 0.3) is 0 Å². The minimum Gasteiger partial charge on any atom is -0.444 e. The molecule has 0 aromatic heterocycles. The van der Waals surface area contributed by atoms with E-state index < -0.39 is 21.7 Å². The molecule has 1 atom stereocenters. The van der Waals surface area contributed by atoms with Crippen molar-refractivity contribution in [3.63, 3.8) is 0 Å². The fourth-order valence-electron chi connectivity index (χ4n) is 3.65.